The Bertz CT molecular complexity index is 297. The van der Waals surface area contributed by atoms with E-state index in [2.05, 4.69) is 42.5 Å². The van der Waals surface area contributed by atoms with E-state index in [0.29, 0.717) is 11.8 Å². The van der Waals surface area contributed by atoms with E-state index in [4.69, 9.17) is 0 Å². The predicted octanol–water partition coefficient (Wildman–Crippen LogP) is 2.83. The van der Waals surface area contributed by atoms with Crippen LogP contribution in [0.4, 0.5) is 11.4 Å². The summed E-state index contributed by atoms with van der Waals surface area (Å²) in [6.45, 7) is 7.74. The van der Waals surface area contributed by atoms with Crippen molar-refractivity contribution in [1.82, 2.24) is 4.98 Å². The molecule has 84 valence electrons. The van der Waals surface area contributed by atoms with Crippen LogP contribution in [0.3, 0.4) is 0 Å². The van der Waals surface area contributed by atoms with Crippen molar-refractivity contribution < 1.29 is 0 Å². The molecule has 1 heterocycles. The summed E-state index contributed by atoms with van der Waals surface area (Å²) in [5.41, 5.74) is 2.12. The topological polar surface area (TPSA) is 37.0 Å². The molecule has 3 nitrogen and oxygen atoms in total. The fourth-order valence-corrected chi connectivity index (χ4v) is 1.19. The fraction of sp³-hybridized carbons (Fsp3) is 0.583. The van der Waals surface area contributed by atoms with Gasteiger partial charge < -0.3 is 10.6 Å². The van der Waals surface area contributed by atoms with Crippen LogP contribution in [0.2, 0.25) is 0 Å². The molecule has 15 heavy (non-hydrogen) atoms. The van der Waals surface area contributed by atoms with E-state index in [9.17, 15) is 0 Å². The van der Waals surface area contributed by atoms with E-state index in [1.807, 2.05) is 19.4 Å². The Kier molecular flexibility index (Phi) is 4.40. The van der Waals surface area contributed by atoms with Gasteiger partial charge in [-0.05, 0) is 17.9 Å². The first-order valence-corrected chi connectivity index (χ1v) is 5.50. The van der Waals surface area contributed by atoms with Gasteiger partial charge in [0.1, 0.15) is 0 Å². The molecule has 1 rings (SSSR count). The lowest BCUT2D eigenvalue weighted by Gasteiger charge is -2.17. The summed E-state index contributed by atoms with van der Waals surface area (Å²) in [5.74, 6) is 1.38. The SMILES string of the molecule is CNc1cncc(NCC(C)C(C)C)c1. The number of pyridine rings is 1. The third-order valence-electron chi connectivity index (χ3n) is 2.79. The zero-order valence-corrected chi connectivity index (χ0v) is 10.0. The molecule has 3 heteroatoms. The van der Waals surface area contributed by atoms with Gasteiger partial charge in [0.25, 0.3) is 0 Å². The van der Waals surface area contributed by atoms with E-state index >= 15 is 0 Å². The van der Waals surface area contributed by atoms with Crippen LogP contribution in [0.25, 0.3) is 0 Å². The van der Waals surface area contributed by atoms with Gasteiger partial charge in [-0.2, -0.15) is 0 Å². The molecule has 0 aromatic carbocycles. The van der Waals surface area contributed by atoms with Crippen LogP contribution in [0.1, 0.15) is 20.8 Å². The van der Waals surface area contributed by atoms with E-state index in [0.717, 1.165) is 17.9 Å². The van der Waals surface area contributed by atoms with Crippen LogP contribution in [0, 0.1) is 11.8 Å². The Balaban J connectivity index is 2.50. The Morgan fingerprint density at radius 3 is 2.47 bits per heavy atom. The molecular weight excluding hydrogens is 186 g/mol. The maximum absolute atomic E-state index is 4.15. The van der Waals surface area contributed by atoms with Crippen LogP contribution in [-0.2, 0) is 0 Å². The molecule has 1 aromatic heterocycles. The summed E-state index contributed by atoms with van der Waals surface area (Å²) >= 11 is 0. The second-order valence-electron chi connectivity index (χ2n) is 4.31. The number of hydrogen-bond donors (Lipinski definition) is 2. The molecule has 0 saturated carbocycles. The van der Waals surface area contributed by atoms with Crippen molar-refractivity contribution in [1.29, 1.82) is 0 Å². The normalized spacial score (nSPS) is 12.6. The van der Waals surface area contributed by atoms with Gasteiger partial charge >= 0.3 is 0 Å². The Morgan fingerprint density at radius 1 is 1.20 bits per heavy atom. The highest BCUT2D eigenvalue weighted by atomic mass is 14.9. The average molecular weight is 207 g/mol. The van der Waals surface area contributed by atoms with Crippen molar-refractivity contribution >= 4 is 11.4 Å². The molecule has 0 aliphatic rings. The zero-order valence-electron chi connectivity index (χ0n) is 10.0. The molecule has 0 saturated heterocycles. The zero-order chi connectivity index (χ0) is 11.3. The third kappa shape index (κ3) is 3.78. The minimum Gasteiger partial charge on any atom is -0.387 e. The van der Waals surface area contributed by atoms with Gasteiger partial charge in [-0.3, -0.25) is 4.98 Å². The summed E-state index contributed by atoms with van der Waals surface area (Å²) in [7, 11) is 1.90. The van der Waals surface area contributed by atoms with E-state index < -0.39 is 0 Å². The maximum atomic E-state index is 4.15. The highest BCUT2D eigenvalue weighted by molar-refractivity contribution is 5.53. The lowest BCUT2D eigenvalue weighted by Crippen LogP contribution is -2.16. The molecule has 1 unspecified atom stereocenters. The van der Waals surface area contributed by atoms with E-state index in [-0.39, 0.29) is 0 Å². The number of rotatable bonds is 5. The van der Waals surface area contributed by atoms with Gasteiger partial charge in [0.05, 0.1) is 23.8 Å². The summed E-state index contributed by atoms with van der Waals surface area (Å²) in [6, 6.07) is 2.07. The van der Waals surface area contributed by atoms with Crippen molar-refractivity contribution in [2.45, 2.75) is 20.8 Å². The molecule has 0 aliphatic heterocycles. The Morgan fingerprint density at radius 2 is 1.87 bits per heavy atom. The number of anilines is 2. The monoisotopic (exact) mass is 207 g/mol. The van der Waals surface area contributed by atoms with Crippen molar-refractivity contribution in [2.24, 2.45) is 11.8 Å². The highest BCUT2D eigenvalue weighted by Crippen LogP contribution is 2.14. The lowest BCUT2D eigenvalue weighted by molar-refractivity contribution is 0.440. The van der Waals surface area contributed by atoms with E-state index in [1.165, 1.54) is 0 Å². The Hall–Kier alpha value is -1.25. The van der Waals surface area contributed by atoms with Gasteiger partial charge in [-0.25, -0.2) is 0 Å². The molecule has 1 aromatic rings. The van der Waals surface area contributed by atoms with Crippen molar-refractivity contribution in [3.8, 4) is 0 Å². The summed E-state index contributed by atoms with van der Waals surface area (Å²) in [4.78, 5) is 4.15. The van der Waals surface area contributed by atoms with Crippen LogP contribution in [-0.4, -0.2) is 18.6 Å². The summed E-state index contributed by atoms with van der Waals surface area (Å²) in [5, 5.41) is 6.47. The molecule has 0 fully saturated rings. The first kappa shape index (κ1) is 11.8. The first-order chi connectivity index (χ1) is 7.13. The Labute approximate surface area is 92.3 Å². The first-order valence-electron chi connectivity index (χ1n) is 5.50. The van der Waals surface area contributed by atoms with Crippen LogP contribution in [0.15, 0.2) is 18.5 Å². The van der Waals surface area contributed by atoms with Crippen molar-refractivity contribution in [3.63, 3.8) is 0 Å². The minimum atomic E-state index is 0.670. The molecule has 0 aliphatic carbocycles. The molecular formula is C12H21N3. The lowest BCUT2D eigenvalue weighted by atomic mass is 9.98. The molecule has 0 spiro atoms. The predicted molar refractivity (Wildman–Crippen MR) is 66.3 cm³/mol. The van der Waals surface area contributed by atoms with Gasteiger partial charge in [-0.15, -0.1) is 0 Å². The van der Waals surface area contributed by atoms with Gasteiger partial charge in [0.2, 0.25) is 0 Å². The van der Waals surface area contributed by atoms with E-state index in [1.54, 1.807) is 0 Å². The minimum absolute atomic E-state index is 0.670. The maximum Gasteiger partial charge on any atom is 0.0547 e. The molecule has 1 atom stereocenters. The molecule has 0 radical (unpaired) electrons. The van der Waals surface area contributed by atoms with Crippen molar-refractivity contribution in [2.75, 3.05) is 24.2 Å². The summed E-state index contributed by atoms with van der Waals surface area (Å²) < 4.78 is 0. The second kappa shape index (κ2) is 5.59. The smallest absolute Gasteiger partial charge is 0.0547 e. The van der Waals surface area contributed by atoms with Gasteiger partial charge in [-0.1, -0.05) is 20.8 Å². The largest absolute Gasteiger partial charge is 0.387 e. The molecule has 2 N–H and O–H groups in total. The number of hydrogen-bond acceptors (Lipinski definition) is 3. The fourth-order valence-electron chi connectivity index (χ4n) is 1.19. The number of nitrogens with zero attached hydrogens (tertiary/aromatic N) is 1. The van der Waals surface area contributed by atoms with Crippen molar-refractivity contribution in [3.05, 3.63) is 18.5 Å². The molecule has 0 bridgehead atoms. The quantitative estimate of drug-likeness (QED) is 0.779. The third-order valence-corrected chi connectivity index (χ3v) is 2.79. The number of aromatic nitrogens is 1. The highest BCUT2D eigenvalue weighted by Gasteiger charge is 2.06. The van der Waals surface area contributed by atoms with Gasteiger partial charge in [0, 0.05) is 13.6 Å². The standard InChI is InChI=1S/C12H21N3/c1-9(2)10(3)6-15-12-5-11(13-4)7-14-8-12/h5,7-10,13,15H,6H2,1-4H3. The van der Waals surface area contributed by atoms with Gasteiger partial charge in [0.15, 0.2) is 0 Å². The van der Waals surface area contributed by atoms with Crippen LogP contribution >= 0.6 is 0 Å². The van der Waals surface area contributed by atoms with Crippen LogP contribution in [0.5, 0.6) is 0 Å². The van der Waals surface area contributed by atoms with Crippen LogP contribution < -0.4 is 10.6 Å². The second-order valence-corrected chi connectivity index (χ2v) is 4.31. The number of nitrogens with one attached hydrogen (secondary N) is 2. The average Bonchev–Trinajstić information content (AvgIpc) is 2.26. The molecule has 0 amide bonds. The summed E-state index contributed by atoms with van der Waals surface area (Å²) in [6.07, 6.45) is 3.67.